The van der Waals surface area contributed by atoms with E-state index >= 15 is 0 Å². The van der Waals surface area contributed by atoms with Crippen LogP contribution >= 0.6 is 0 Å². The normalized spacial score (nSPS) is 13.5. The SMILES string of the molecule is CC(C)OCC(CO)C(=O)O. The van der Waals surface area contributed by atoms with Gasteiger partial charge in [0.1, 0.15) is 5.92 Å². The van der Waals surface area contributed by atoms with Crippen molar-refractivity contribution >= 4 is 5.97 Å². The molecule has 0 aliphatic rings. The molecule has 11 heavy (non-hydrogen) atoms. The van der Waals surface area contributed by atoms with Crippen molar-refractivity contribution in [1.29, 1.82) is 0 Å². The van der Waals surface area contributed by atoms with Crippen molar-refractivity contribution in [2.75, 3.05) is 13.2 Å². The van der Waals surface area contributed by atoms with Crippen LogP contribution < -0.4 is 0 Å². The number of hydrogen-bond acceptors (Lipinski definition) is 3. The predicted octanol–water partition coefficient (Wildman–Crippen LogP) is 0.104. The number of rotatable bonds is 5. The maximum Gasteiger partial charge on any atom is 0.311 e. The Morgan fingerprint density at radius 2 is 2.09 bits per heavy atom. The molecule has 0 spiro atoms. The van der Waals surface area contributed by atoms with Crippen LogP contribution in [-0.2, 0) is 9.53 Å². The summed E-state index contributed by atoms with van der Waals surface area (Å²) in [5.74, 6) is -1.81. The van der Waals surface area contributed by atoms with Crippen molar-refractivity contribution in [3.05, 3.63) is 0 Å². The summed E-state index contributed by atoms with van der Waals surface area (Å²) in [5, 5.41) is 17.0. The second kappa shape index (κ2) is 5.09. The largest absolute Gasteiger partial charge is 0.481 e. The fourth-order valence-corrected chi connectivity index (χ4v) is 0.511. The quantitative estimate of drug-likeness (QED) is 0.602. The number of carbonyl (C=O) groups is 1. The first kappa shape index (κ1) is 10.4. The fourth-order valence-electron chi connectivity index (χ4n) is 0.511. The maximum absolute atomic E-state index is 10.3. The van der Waals surface area contributed by atoms with Crippen molar-refractivity contribution in [3.8, 4) is 0 Å². The van der Waals surface area contributed by atoms with Crippen LogP contribution in [0.4, 0.5) is 0 Å². The molecule has 4 nitrogen and oxygen atoms in total. The lowest BCUT2D eigenvalue weighted by molar-refractivity contribution is -0.146. The Morgan fingerprint density at radius 3 is 2.36 bits per heavy atom. The molecular weight excluding hydrogens is 148 g/mol. The second-order valence-corrected chi connectivity index (χ2v) is 2.60. The molecule has 0 saturated heterocycles. The third-order valence-corrected chi connectivity index (χ3v) is 1.20. The van der Waals surface area contributed by atoms with Gasteiger partial charge in [-0.2, -0.15) is 0 Å². The van der Waals surface area contributed by atoms with E-state index in [9.17, 15) is 4.79 Å². The Morgan fingerprint density at radius 1 is 1.55 bits per heavy atom. The Balaban J connectivity index is 3.61. The van der Waals surface area contributed by atoms with Gasteiger partial charge in [-0.15, -0.1) is 0 Å². The monoisotopic (exact) mass is 162 g/mol. The van der Waals surface area contributed by atoms with Crippen molar-refractivity contribution in [2.45, 2.75) is 20.0 Å². The van der Waals surface area contributed by atoms with Gasteiger partial charge >= 0.3 is 5.97 Å². The van der Waals surface area contributed by atoms with Gasteiger partial charge in [-0.3, -0.25) is 4.79 Å². The van der Waals surface area contributed by atoms with E-state index in [0.717, 1.165) is 0 Å². The van der Waals surface area contributed by atoms with Gasteiger partial charge in [0, 0.05) is 0 Å². The minimum atomic E-state index is -1.02. The molecule has 0 fully saturated rings. The summed E-state index contributed by atoms with van der Waals surface area (Å²) < 4.78 is 5.02. The lowest BCUT2D eigenvalue weighted by Gasteiger charge is -2.11. The summed E-state index contributed by atoms with van der Waals surface area (Å²) in [6.45, 7) is 3.33. The van der Waals surface area contributed by atoms with E-state index in [1.807, 2.05) is 13.8 Å². The Kier molecular flexibility index (Phi) is 4.81. The van der Waals surface area contributed by atoms with E-state index in [4.69, 9.17) is 14.9 Å². The molecule has 0 aromatic carbocycles. The highest BCUT2D eigenvalue weighted by atomic mass is 16.5. The standard InChI is InChI=1S/C7H14O4/c1-5(2)11-4-6(3-8)7(9)10/h5-6,8H,3-4H2,1-2H3,(H,9,10). The summed E-state index contributed by atoms with van der Waals surface area (Å²) in [7, 11) is 0. The van der Waals surface area contributed by atoms with Crippen molar-refractivity contribution < 1.29 is 19.7 Å². The van der Waals surface area contributed by atoms with Gasteiger partial charge in [0.2, 0.25) is 0 Å². The summed E-state index contributed by atoms with van der Waals surface area (Å²) in [5.41, 5.74) is 0. The van der Waals surface area contributed by atoms with Crippen LogP contribution in [0, 0.1) is 5.92 Å². The molecule has 1 unspecified atom stereocenters. The van der Waals surface area contributed by atoms with E-state index in [1.54, 1.807) is 0 Å². The van der Waals surface area contributed by atoms with E-state index < -0.39 is 11.9 Å². The van der Waals surface area contributed by atoms with Gasteiger partial charge in [-0.05, 0) is 13.8 Å². The first-order valence-electron chi connectivity index (χ1n) is 3.53. The number of aliphatic hydroxyl groups is 1. The molecule has 0 aliphatic heterocycles. The van der Waals surface area contributed by atoms with Crippen LogP contribution in [0.1, 0.15) is 13.8 Å². The molecule has 0 radical (unpaired) electrons. The van der Waals surface area contributed by atoms with E-state index in [0.29, 0.717) is 0 Å². The lowest BCUT2D eigenvalue weighted by Crippen LogP contribution is -2.24. The minimum Gasteiger partial charge on any atom is -0.481 e. The highest BCUT2D eigenvalue weighted by Gasteiger charge is 2.16. The van der Waals surface area contributed by atoms with Gasteiger partial charge in [-0.25, -0.2) is 0 Å². The zero-order valence-electron chi connectivity index (χ0n) is 6.78. The van der Waals surface area contributed by atoms with Crippen molar-refractivity contribution in [1.82, 2.24) is 0 Å². The van der Waals surface area contributed by atoms with Gasteiger partial charge in [0.15, 0.2) is 0 Å². The molecule has 0 saturated carbocycles. The van der Waals surface area contributed by atoms with Crippen LogP contribution in [0.5, 0.6) is 0 Å². The summed E-state index contributed by atoms with van der Waals surface area (Å²) in [4.78, 5) is 10.3. The molecule has 0 heterocycles. The lowest BCUT2D eigenvalue weighted by atomic mass is 10.2. The van der Waals surface area contributed by atoms with E-state index in [1.165, 1.54) is 0 Å². The van der Waals surface area contributed by atoms with Gasteiger partial charge < -0.3 is 14.9 Å². The number of hydrogen-bond donors (Lipinski definition) is 2. The Hall–Kier alpha value is -0.610. The van der Waals surface area contributed by atoms with E-state index in [2.05, 4.69) is 0 Å². The summed E-state index contributed by atoms with van der Waals surface area (Å²) in [6.07, 6.45) is 0.00315. The number of ether oxygens (including phenoxy) is 1. The molecule has 66 valence electrons. The van der Waals surface area contributed by atoms with Gasteiger partial charge in [-0.1, -0.05) is 0 Å². The Labute approximate surface area is 65.8 Å². The zero-order chi connectivity index (χ0) is 8.85. The van der Waals surface area contributed by atoms with Gasteiger partial charge in [0.05, 0.1) is 19.3 Å². The topological polar surface area (TPSA) is 66.8 Å². The fraction of sp³-hybridized carbons (Fsp3) is 0.857. The van der Waals surface area contributed by atoms with Crippen molar-refractivity contribution in [3.63, 3.8) is 0 Å². The number of carboxylic acid groups (broad SMARTS) is 1. The molecule has 0 aromatic heterocycles. The van der Waals surface area contributed by atoms with Crippen LogP contribution in [0.2, 0.25) is 0 Å². The van der Waals surface area contributed by atoms with Crippen molar-refractivity contribution in [2.24, 2.45) is 5.92 Å². The average Bonchev–Trinajstić information content (AvgIpc) is 1.87. The predicted molar refractivity (Wildman–Crippen MR) is 39.3 cm³/mol. The van der Waals surface area contributed by atoms with Crippen LogP contribution in [0.25, 0.3) is 0 Å². The molecule has 0 aliphatic carbocycles. The summed E-state index contributed by atoms with van der Waals surface area (Å²) in [6, 6.07) is 0. The zero-order valence-corrected chi connectivity index (χ0v) is 6.78. The highest BCUT2D eigenvalue weighted by molar-refractivity contribution is 5.70. The Bertz CT molecular complexity index is 122. The number of carboxylic acids is 1. The molecule has 2 N–H and O–H groups in total. The maximum atomic E-state index is 10.3. The van der Waals surface area contributed by atoms with Crippen LogP contribution in [-0.4, -0.2) is 35.5 Å². The molecule has 1 atom stereocenters. The smallest absolute Gasteiger partial charge is 0.311 e. The first-order valence-corrected chi connectivity index (χ1v) is 3.53. The average molecular weight is 162 g/mol. The third-order valence-electron chi connectivity index (χ3n) is 1.20. The van der Waals surface area contributed by atoms with Crippen LogP contribution in [0.3, 0.4) is 0 Å². The minimum absolute atomic E-state index is 0.00315. The number of aliphatic carboxylic acids is 1. The molecule has 0 rings (SSSR count). The molecule has 0 bridgehead atoms. The van der Waals surface area contributed by atoms with E-state index in [-0.39, 0.29) is 19.3 Å². The molecule has 0 aromatic rings. The first-order chi connectivity index (χ1) is 5.07. The summed E-state index contributed by atoms with van der Waals surface area (Å²) >= 11 is 0. The molecule has 0 amide bonds. The highest BCUT2D eigenvalue weighted by Crippen LogP contribution is 1.98. The molecule has 4 heteroatoms. The number of aliphatic hydroxyl groups excluding tert-OH is 1. The second-order valence-electron chi connectivity index (χ2n) is 2.60. The third kappa shape index (κ3) is 4.75. The van der Waals surface area contributed by atoms with Gasteiger partial charge in [0.25, 0.3) is 0 Å². The van der Waals surface area contributed by atoms with Crippen LogP contribution in [0.15, 0.2) is 0 Å². The molecular formula is C7H14O4.